The van der Waals surface area contributed by atoms with Gasteiger partial charge in [-0.3, -0.25) is 9.78 Å². The summed E-state index contributed by atoms with van der Waals surface area (Å²) in [6, 6.07) is 11.6. The van der Waals surface area contributed by atoms with Crippen LogP contribution in [0.4, 0.5) is 0 Å². The standard InChI is InChI=1S/C17H21N3O2/c18-14-8-6-12(9-16(14)21)17(22)19-10-13-7-5-11-3-1-2-4-15(11)20-13/h1-5,7,12,14,16,21H,6,8-10,18H2,(H,19,22)/t12-,14-,16-/m0/s1. The van der Waals surface area contributed by atoms with Gasteiger partial charge < -0.3 is 16.2 Å². The lowest BCUT2D eigenvalue weighted by molar-refractivity contribution is -0.127. The second-order valence-corrected chi connectivity index (χ2v) is 5.95. The topological polar surface area (TPSA) is 88.2 Å². The molecule has 0 saturated heterocycles. The Hall–Kier alpha value is -1.98. The van der Waals surface area contributed by atoms with E-state index in [1.807, 2.05) is 36.4 Å². The Balaban J connectivity index is 1.60. The SMILES string of the molecule is N[C@H]1CC[C@H](C(=O)NCc2ccc3ccccc3n2)C[C@@H]1O. The Bertz CT molecular complexity index is 674. The maximum Gasteiger partial charge on any atom is 0.223 e. The van der Waals surface area contributed by atoms with Crippen molar-refractivity contribution >= 4 is 16.8 Å². The molecule has 5 heteroatoms. The van der Waals surface area contributed by atoms with Crippen LogP contribution < -0.4 is 11.1 Å². The normalized spacial score (nSPS) is 25.1. The predicted molar refractivity (Wildman–Crippen MR) is 84.9 cm³/mol. The first kappa shape index (κ1) is 14.9. The molecule has 0 radical (unpaired) electrons. The summed E-state index contributed by atoms with van der Waals surface area (Å²) < 4.78 is 0. The summed E-state index contributed by atoms with van der Waals surface area (Å²) >= 11 is 0. The van der Waals surface area contributed by atoms with Crippen molar-refractivity contribution in [2.75, 3.05) is 0 Å². The van der Waals surface area contributed by atoms with Crippen molar-refractivity contribution in [3.8, 4) is 0 Å². The average Bonchev–Trinajstić information content (AvgIpc) is 2.55. The summed E-state index contributed by atoms with van der Waals surface area (Å²) in [5.74, 6) is -0.184. The summed E-state index contributed by atoms with van der Waals surface area (Å²) in [5, 5.41) is 13.8. The van der Waals surface area contributed by atoms with Crippen LogP contribution >= 0.6 is 0 Å². The third-order valence-corrected chi connectivity index (χ3v) is 4.34. The van der Waals surface area contributed by atoms with Crippen LogP contribution in [-0.2, 0) is 11.3 Å². The van der Waals surface area contributed by atoms with Crippen LogP contribution in [0.3, 0.4) is 0 Å². The molecule has 0 spiro atoms. The summed E-state index contributed by atoms with van der Waals surface area (Å²) in [6.45, 7) is 0.405. The summed E-state index contributed by atoms with van der Waals surface area (Å²) in [5.41, 5.74) is 7.52. The van der Waals surface area contributed by atoms with Gasteiger partial charge >= 0.3 is 0 Å². The number of pyridine rings is 1. The molecule has 0 bridgehead atoms. The number of para-hydroxylation sites is 1. The lowest BCUT2D eigenvalue weighted by Crippen LogP contribution is -2.44. The minimum Gasteiger partial charge on any atom is -0.391 e. The number of aromatic nitrogens is 1. The van der Waals surface area contributed by atoms with Crippen molar-refractivity contribution in [3.05, 3.63) is 42.1 Å². The zero-order valence-corrected chi connectivity index (χ0v) is 12.4. The van der Waals surface area contributed by atoms with Gasteiger partial charge in [0, 0.05) is 17.3 Å². The van der Waals surface area contributed by atoms with Crippen molar-refractivity contribution in [1.29, 1.82) is 0 Å². The zero-order chi connectivity index (χ0) is 15.5. The van der Waals surface area contributed by atoms with Crippen molar-refractivity contribution in [2.24, 2.45) is 11.7 Å². The molecule has 5 nitrogen and oxygen atoms in total. The number of carbonyl (C=O) groups is 1. The van der Waals surface area contributed by atoms with E-state index in [0.717, 1.165) is 23.0 Å². The third-order valence-electron chi connectivity index (χ3n) is 4.34. The van der Waals surface area contributed by atoms with Crippen LogP contribution in [-0.4, -0.2) is 28.1 Å². The molecular formula is C17H21N3O2. The Morgan fingerprint density at radius 1 is 1.27 bits per heavy atom. The fraction of sp³-hybridized carbons (Fsp3) is 0.412. The van der Waals surface area contributed by atoms with Gasteiger partial charge in [-0.05, 0) is 31.4 Å². The number of carbonyl (C=O) groups excluding carboxylic acids is 1. The average molecular weight is 299 g/mol. The van der Waals surface area contributed by atoms with Crippen molar-refractivity contribution < 1.29 is 9.90 Å². The maximum absolute atomic E-state index is 12.2. The van der Waals surface area contributed by atoms with E-state index in [2.05, 4.69) is 10.3 Å². The monoisotopic (exact) mass is 299 g/mol. The molecule has 3 rings (SSSR count). The van der Waals surface area contributed by atoms with Gasteiger partial charge in [-0.15, -0.1) is 0 Å². The number of nitrogens with two attached hydrogens (primary N) is 1. The molecule has 1 saturated carbocycles. The molecule has 1 heterocycles. The largest absolute Gasteiger partial charge is 0.391 e. The second kappa shape index (κ2) is 6.42. The van der Waals surface area contributed by atoms with Crippen LogP contribution in [0.1, 0.15) is 25.0 Å². The zero-order valence-electron chi connectivity index (χ0n) is 12.4. The first-order valence-electron chi connectivity index (χ1n) is 7.69. The number of aliphatic hydroxyl groups is 1. The minimum atomic E-state index is -0.580. The number of rotatable bonds is 3. The highest BCUT2D eigenvalue weighted by Gasteiger charge is 2.30. The lowest BCUT2D eigenvalue weighted by atomic mass is 9.84. The predicted octanol–water partition coefficient (Wildman–Crippen LogP) is 1.34. The van der Waals surface area contributed by atoms with E-state index < -0.39 is 6.10 Å². The molecule has 1 aromatic carbocycles. The second-order valence-electron chi connectivity index (χ2n) is 5.95. The van der Waals surface area contributed by atoms with Crippen molar-refractivity contribution in [3.63, 3.8) is 0 Å². The third kappa shape index (κ3) is 3.26. The molecule has 4 N–H and O–H groups in total. The molecule has 1 fully saturated rings. The van der Waals surface area contributed by atoms with Gasteiger partial charge in [0.25, 0.3) is 0 Å². The number of nitrogens with zero attached hydrogens (tertiary/aromatic N) is 1. The van der Waals surface area contributed by atoms with Gasteiger partial charge in [0.15, 0.2) is 0 Å². The van der Waals surface area contributed by atoms with Gasteiger partial charge in [-0.1, -0.05) is 24.3 Å². The van der Waals surface area contributed by atoms with E-state index in [-0.39, 0.29) is 17.9 Å². The Labute approximate surface area is 129 Å². The highest BCUT2D eigenvalue weighted by molar-refractivity contribution is 5.80. The fourth-order valence-corrected chi connectivity index (χ4v) is 2.94. The fourth-order valence-electron chi connectivity index (χ4n) is 2.94. The van der Waals surface area contributed by atoms with E-state index >= 15 is 0 Å². The molecule has 22 heavy (non-hydrogen) atoms. The number of nitrogens with one attached hydrogen (secondary N) is 1. The van der Waals surface area contributed by atoms with E-state index in [1.54, 1.807) is 0 Å². The van der Waals surface area contributed by atoms with Gasteiger partial charge in [0.1, 0.15) is 0 Å². The number of aliphatic hydroxyl groups excluding tert-OH is 1. The smallest absolute Gasteiger partial charge is 0.223 e. The van der Waals surface area contributed by atoms with E-state index in [1.165, 1.54) is 0 Å². The summed E-state index contributed by atoms with van der Waals surface area (Å²) in [6.07, 6.45) is 1.28. The quantitative estimate of drug-likeness (QED) is 0.798. The van der Waals surface area contributed by atoms with E-state index in [4.69, 9.17) is 5.73 Å². The number of hydrogen-bond acceptors (Lipinski definition) is 4. The van der Waals surface area contributed by atoms with Crippen molar-refractivity contribution in [2.45, 2.75) is 38.0 Å². The Morgan fingerprint density at radius 2 is 2.09 bits per heavy atom. The van der Waals surface area contributed by atoms with Gasteiger partial charge in [0.05, 0.1) is 23.9 Å². The number of amides is 1. The Kier molecular flexibility index (Phi) is 4.36. The highest BCUT2D eigenvalue weighted by atomic mass is 16.3. The summed E-state index contributed by atoms with van der Waals surface area (Å²) in [4.78, 5) is 16.7. The molecule has 1 aromatic heterocycles. The molecule has 3 atom stereocenters. The van der Waals surface area contributed by atoms with E-state index in [9.17, 15) is 9.90 Å². The first-order valence-corrected chi connectivity index (χ1v) is 7.69. The number of hydrogen-bond donors (Lipinski definition) is 3. The molecule has 2 aromatic rings. The molecule has 0 unspecified atom stereocenters. The van der Waals surface area contributed by atoms with Crippen molar-refractivity contribution in [1.82, 2.24) is 10.3 Å². The molecular weight excluding hydrogens is 278 g/mol. The van der Waals surface area contributed by atoms with Crippen LogP contribution in [0.15, 0.2) is 36.4 Å². The summed E-state index contributed by atoms with van der Waals surface area (Å²) in [7, 11) is 0. The van der Waals surface area contributed by atoms with Crippen LogP contribution in [0, 0.1) is 5.92 Å². The van der Waals surface area contributed by atoms with Gasteiger partial charge in [0.2, 0.25) is 5.91 Å². The molecule has 1 aliphatic rings. The molecule has 116 valence electrons. The highest BCUT2D eigenvalue weighted by Crippen LogP contribution is 2.23. The molecule has 1 amide bonds. The Morgan fingerprint density at radius 3 is 2.91 bits per heavy atom. The van der Waals surface area contributed by atoms with Crippen LogP contribution in [0.5, 0.6) is 0 Å². The molecule has 1 aliphatic carbocycles. The van der Waals surface area contributed by atoms with Crippen LogP contribution in [0.25, 0.3) is 10.9 Å². The minimum absolute atomic E-state index is 0.0269. The lowest BCUT2D eigenvalue weighted by Gasteiger charge is -2.29. The number of benzene rings is 1. The van der Waals surface area contributed by atoms with Gasteiger partial charge in [-0.2, -0.15) is 0 Å². The maximum atomic E-state index is 12.2. The molecule has 0 aliphatic heterocycles. The van der Waals surface area contributed by atoms with Crippen LogP contribution in [0.2, 0.25) is 0 Å². The first-order chi connectivity index (χ1) is 10.6. The number of fused-ring (bicyclic) bond motifs is 1. The van der Waals surface area contributed by atoms with E-state index in [0.29, 0.717) is 19.4 Å². The van der Waals surface area contributed by atoms with Gasteiger partial charge in [-0.25, -0.2) is 0 Å².